The van der Waals surface area contributed by atoms with Gasteiger partial charge in [-0.2, -0.15) is 0 Å². The number of carbonyl (C=O) groups excluding carboxylic acids is 1. The molecule has 0 heterocycles. The van der Waals surface area contributed by atoms with Crippen molar-refractivity contribution in [3.8, 4) is 11.5 Å². The van der Waals surface area contributed by atoms with Gasteiger partial charge in [-0.25, -0.2) is 0 Å². The normalized spacial score (nSPS) is 28.1. The van der Waals surface area contributed by atoms with Gasteiger partial charge in [0.1, 0.15) is 18.1 Å². The predicted molar refractivity (Wildman–Crippen MR) is 145 cm³/mol. The van der Waals surface area contributed by atoms with E-state index in [2.05, 4.69) is 26.1 Å². The highest BCUT2D eigenvalue weighted by Crippen LogP contribution is 2.60. The Balaban J connectivity index is 1.37. The lowest BCUT2D eigenvalue weighted by Crippen LogP contribution is -2.50. The van der Waals surface area contributed by atoms with Crippen LogP contribution in [0.3, 0.4) is 0 Å². The molecule has 2 aromatic carbocycles. The van der Waals surface area contributed by atoms with Crippen LogP contribution in [0.4, 0.5) is 0 Å². The summed E-state index contributed by atoms with van der Waals surface area (Å²) < 4.78 is 12.3. The first kappa shape index (κ1) is 26.2. The number of aryl methyl sites for hydroxylation is 1. The van der Waals surface area contributed by atoms with E-state index < -0.39 is 6.10 Å². The van der Waals surface area contributed by atoms with Crippen LogP contribution < -0.4 is 10.1 Å². The van der Waals surface area contributed by atoms with Gasteiger partial charge in [0.25, 0.3) is 0 Å². The maximum atomic E-state index is 13.5. The van der Waals surface area contributed by atoms with Gasteiger partial charge in [-0.15, -0.1) is 0 Å². The lowest BCUT2D eigenvalue weighted by Gasteiger charge is -2.55. The molecule has 200 valence electrons. The smallest absolute Gasteiger partial charge is 0.312 e. The average molecular weight is 506 g/mol. The van der Waals surface area contributed by atoms with E-state index in [0.717, 1.165) is 41.7 Å². The molecule has 0 aliphatic heterocycles. The largest absolute Gasteiger partial charge is 0.460 e. The molecule has 4 fully saturated rings. The third-order valence-electron chi connectivity index (χ3n) is 8.61. The monoisotopic (exact) mass is 505 g/mol. The first-order valence-electron chi connectivity index (χ1n) is 14.0. The van der Waals surface area contributed by atoms with Crippen molar-refractivity contribution in [3.05, 3.63) is 59.2 Å². The summed E-state index contributed by atoms with van der Waals surface area (Å²) in [6.07, 6.45) is 6.13. The van der Waals surface area contributed by atoms with E-state index in [9.17, 15) is 9.90 Å². The number of esters is 1. The summed E-state index contributed by atoms with van der Waals surface area (Å²) in [5.74, 6) is 3.42. The van der Waals surface area contributed by atoms with Crippen LogP contribution in [0.2, 0.25) is 0 Å². The van der Waals surface area contributed by atoms with Crippen LogP contribution in [-0.4, -0.2) is 22.7 Å². The second-order valence-electron chi connectivity index (χ2n) is 13.2. The van der Waals surface area contributed by atoms with E-state index in [1.54, 1.807) is 0 Å². The van der Waals surface area contributed by atoms with Gasteiger partial charge < -0.3 is 19.9 Å². The van der Waals surface area contributed by atoms with Gasteiger partial charge in [-0.1, -0.05) is 18.2 Å². The summed E-state index contributed by atoms with van der Waals surface area (Å²) in [4.78, 5) is 13.5. The lowest BCUT2D eigenvalue weighted by atomic mass is 9.49. The molecule has 37 heavy (non-hydrogen) atoms. The Morgan fingerprint density at radius 2 is 1.70 bits per heavy atom. The van der Waals surface area contributed by atoms with Crippen LogP contribution in [0.25, 0.3) is 0 Å². The number of ether oxygens (including phenoxy) is 2. The Bertz CT molecular complexity index is 1100. The number of carbonyl (C=O) groups is 1. The van der Waals surface area contributed by atoms with E-state index in [0.29, 0.717) is 23.5 Å². The third kappa shape index (κ3) is 5.88. The quantitative estimate of drug-likeness (QED) is 0.384. The van der Waals surface area contributed by atoms with Crippen molar-refractivity contribution in [1.82, 2.24) is 5.32 Å². The molecule has 0 amide bonds. The second-order valence-corrected chi connectivity index (χ2v) is 13.2. The van der Waals surface area contributed by atoms with Gasteiger partial charge in [0.2, 0.25) is 0 Å². The average Bonchev–Trinajstić information content (AvgIpc) is 2.81. The van der Waals surface area contributed by atoms with Gasteiger partial charge in [0, 0.05) is 17.1 Å². The first-order valence-corrected chi connectivity index (χ1v) is 14.0. The predicted octanol–water partition coefficient (Wildman–Crippen LogP) is 6.86. The van der Waals surface area contributed by atoms with E-state index in [1.165, 1.54) is 19.3 Å². The van der Waals surface area contributed by atoms with Crippen molar-refractivity contribution in [2.45, 2.75) is 97.4 Å². The fourth-order valence-corrected chi connectivity index (χ4v) is 7.51. The fourth-order valence-electron chi connectivity index (χ4n) is 7.51. The number of hydrogen-bond donors (Lipinski definition) is 2. The van der Waals surface area contributed by atoms with Crippen molar-refractivity contribution in [1.29, 1.82) is 0 Å². The van der Waals surface area contributed by atoms with Crippen LogP contribution >= 0.6 is 0 Å². The Hall–Kier alpha value is -2.37. The molecular weight excluding hydrogens is 462 g/mol. The SMILES string of the molecule is Cc1cccc(Oc2ccc(C(O)C(C)NC(C)(C)C)cc2COC(=O)C23CC4CC(CC(C4)C2)C3)c1. The molecule has 0 saturated heterocycles. The Morgan fingerprint density at radius 1 is 1.05 bits per heavy atom. The molecule has 2 atom stereocenters. The number of aliphatic hydroxyl groups excluding tert-OH is 1. The van der Waals surface area contributed by atoms with E-state index in [1.807, 2.05) is 56.3 Å². The minimum atomic E-state index is -0.704. The summed E-state index contributed by atoms with van der Waals surface area (Å²) in [6, 6.07) is 13.5. The summed E-state index contributed by atoms with van der Waals surface area (Å²) in [5, 5.41) is 14.6. The van der Waals surface area contributed by atoms with E-state index in [4.69, 9.17) is 9.47 Å². The molecule has 4 saturated carbocycles. The van der Waals surface area contributed by atoms with Crippen molar-refractivity contribution in [2.24, 2.45) is 23.2 Å². The van der Waals surface area contributed by atoms with Gasteiger partial charge >= 0.3 is 5.97 Å². The van der Waals surface area contributed by atoms with Gasteiger partial charge in [-0.3, -0.25) is 4.79 Å². The van der Waals surface area contributed by atoms with Crippen molar-refractivity contribution in [3.63, 3.8) is 0 Å². The Kier molecular flexibility index (Phi) is 7.14. The van der Waals surface area contributed by atoms with Gasteiger partial charge in [0.15, 0.2) is 0 Å². The second kappa shape index (κ2) is 10.1. The standard InChI is InChI=1S/C32H43NO4/c1-20-7-6-8-27(11-20)37-28-10-9-25(29(34)21(2)33-31(3,4)5)15-26(28)19-36-30(35)32-16-22-12-23(17-32)14-24(13-22)18-32/h6-11,15,21-24,29,33-34H,12-14,16-19H2,1-5H3. The first-order chi connectivity index (χ1) is 17.5. The molecule has 0 aromatic heterocycles. The number of benzene rings is 2. The zero-order chi connectivity index (χ0) is 26.4. The molecule has 2 N–H and O–H groups in total. The molecule has 5 nitrogen and oxygen atoms in total. The van der Waals surface area contributed by atoms with E-state index in [-0.39, 0.29) is 29.6 Å². The number of aliphatic hydroxyl groups is 1. The van der Waals surface area contributed by atoms with Crippen LogP contribution in [0.5, 0.6) is 11.5 Å². The van der Waals surface area contributed by atoms with E-state index >= 15 is 0 Å². The summed E-state index contributed by atoms with van der Waals surface area (Å²) >= 11 is 0. The molecule has 0 spiro atoms. The van der Waals surface area contributed by atoms with Crippen molar-refractivity contribution in [2.75, 3.05) is 0 Å². The highest BCUT2D eigenvalue weighted by Gasteiger charge is 2.55. The molecule has 6 rings (SSSR count). The molecular formula is C32H43NO4. The summed E-state index contributed by atoms with van der Waals surface area (Å²) in [5.41, 5.74) is 2.25. The zero-order valence-electron chi connectivity index (χ0n) is 23.0. The topological polar surface area (TPSA) is 67.8 Å². The minimum absolute atomic E-state index is 0.0400. The maximum Gasteiger partial charge on any atom is 0.312 e. The molecule has 4 bridgehead atoms. The Morgan fingerprint density at radius 3 is 2.30 bits per heavy atom. The summed E-state index contributed by atoms with van der Waals surface area (Å²) in [6.45, 7) is 10.4. The van der Waals surface area contributed by atoms with Crippen LogP contribution in [0.15, 0.2) is 42.5 Å². The summed E-state index contributed by atoms with van der Waals surface area (Å²) in [7, 11) is 0. The molecule has 0 radical (unpaired) electrons. The lowest BCUT2D eigenvalue weighted by molar-refractivity contribution is -0.173. The molecule has 2 unspecified atom stereocenters. The molecule has 5 heteroatoms. The number of rotatable bonds is 8. The number of hydrogen-bond acceptors (Lipinski definition) is 5. The van der Waals surface area contributed by atoms with Crippen molar-refractivity contribution >= 4 is 5.97 Å². The van der Waals surface area contributed by atoms with Crippen LogP contribution in [-0.2, 0) is 16.1 Å². The zero-order valence-corrected chi connectivity index (χ0v) is 23.0. The third-order valence-corrected chi connectivity index (χ3v) is 8.61. The Labute approximate surface area is 222 Å². The molecule has 4 aliphatic carbocycles. The molecule has 2 aromatic rings. The minimum Gasteiger partial charge on any atom is -0.460 e. The van der Waals surface area contributed by atoms with Gasteiger partial charge in [-0.05, 0) is 126 Å². The number of nitrogens with one attached hydrogen (secondary N) is 1. The van der Waals surface area contributed by atoms with Crippen molar-refractivity contribution < 1.29 is 19.4 Å². The van der Waals surface area contributed by atoms with Crippen LogP contribution in [0.1, 0.15) is 89.0 Å². The van der Waals surface area contributed by atoms with Gasteiger partial charge in [0.05, 0.1) is 11.5 Å². The van der Waals surface area contributed by atoms with Crippen LogP contribution in [0, 0.1) is 30.1 Å². The highest BCUT2D eigenvalue weighted by atomic mass is 16.5. The fraction of sp³-hybridized carbons (Fsp3) is 0.594. The maximum absolute atomic E-state index is 13.5. The molecule has 4 aliphatic rings. The highest BCUT2D eigenvalue weighted by molar-refractivity contribution is 5.77.